The van der Waals surface area contributed by atoms with Crippen molar-refractivity contribution in [3.8, 4) is 5.88 Å². The molecule has 0 aliphatic carbocycles. The van der Waals surface area contributed by atoms with Crippen LogP contribution in [0.5, 0.6) is 5.88 Å². The minimum absolute atomic E-state index is 0.194. The summed E-state index contributed by atoms with van der Waals surface area (Å²) in [5.41, 5.74) is 2.91. The molecule has 0 aliphatic rings. The predicted octanol–water partition coefficient (Wildman–Crippen LogP) is 4.64. The van der Waals surface area contributed by atoms with E-state index in [4.69, 9.17) is 20.9 Å². The summed E-state index contributed by atoms with van der Waals surface area (Å²) in [7, 11) is 0. The number of hydrogen-bond donors (Lipinski definition) is 1. The Morgan fingerprint density at radius 1 is 1.20 bits per heavy atom. The number of imidazole rings is 1. The number of carbonyl (C=O) groups excluding carboxylic acids is 1. The Labute approximate surface area is 178 Å². The van der Waals surface area contributed by atoms with Gasteiger partial charge in [-0.25, -0.2) is 4.98 Å². The fourth-order valence-corrected chi connectivity index (χ4v) is 3.39. The first-order valence-corrected chi connectivity index (χ1v) is 10.0. The van der Waals surface area contributed by atoms with E-state index in [1.807, 2.05) is 34.9 Å². The fourth-order valence-electron chi connectivity index (χ4n) is 3.22. The van der Waals surface area contributed by atoms with Crippen molar-refractivity contribution in [1.29, 1.82) is 0 Å². The van der Waals surface area contributed by atoms with E-state index >= 15 is 0 Å². The SMILES string of the molecule is Cc1cc(OCC(=O)Nc2nc3cc(Cl)ccc3n2CCCc2ccccc2)no1. The van der Waals surface area contributed by atoms with Gasteiger partial charge in [0.2, 0.25) is 5.95 Å². The quantitative estimate of drug-likeness (QED) is 0.445. The van der Waals surface area contributed by atoms with Crippen LogP contribution in [0.15, 0.2) is 59.1 Å². The molecule has 0 bridgehead atoms. The van der Waals surface area contributed by atoms with Gasteiger partial charge in [0.15, 0.2) is 6.61 Å². The van der Waals surface area contributed by atoms with Crippen LogP contribution in [0, 0.1) is 6.92 Å². The molecule has 30 heavy (non-hydrogen) atoms. The van der Waals surface area contributed by atoms with E-state index in [0.717, 1.165) is 23.9 Å². The number of aromatic nitrogens is 3. The van der Waals surface area contributed by atoms with E-state index in [-0.39, 0.29) is 18.4 Å². The van der Waals surface area contributed by atoms with Crippen molar-refractivity contribution in [1.82, 2.24) is 14.7 Å². The third-order valence-electron chi connectivity index (χ3n) is 4.61. The molecule has 0 aliphatic heterocycles. The van der Waals surface area contributed by atoms with Crippen molar-refractivity contribution in [2.45, 2.75) is 26.3 Å². The minimum Gasteiger partial charge on any atom is -0.465 e. The van der Waals surface area contributed by atoms with Gasteiger partial charge in [0, 0.05) is 17.6 Å². The number of rotatable bonds is 8. The van der Waals surface area contributed by atoms with Gasteiger partial charge in [-0.05, 0) is 48.7 Å². The van der Waals surface area contributed by atoms with Crippen LogP contribution in [-0.2, 0) is 17.8 Å². The van der Waals surface area contributed by atoms with Crippen molar-refractivity contribution >= 4 is 34.5 Å². The standard InChI is InChI=1S/C22H21ClN4O3/c1-15-12-21(26-30-15)29-14-20(28)25-22-24-18-13-17(23)9-10-19(18)27(22)11-5-8-16-6-3-2-4-7-16/h2-4,6-7,9-10,12-13H,5,8,11,14H2,1H3,(H,24,25,28). The summed E-state index contributed by atoms with van der Waals surface area (Å²) in [5, 5.41) is 7.14. The molecule has 0 atom stereocenters. The van der Waals surface area contributed by atoms with Crippen molar-refractivity contribution in [3.05, 3.63) is 70.9 Å². The number of hydrogen-bond acceptors (Lipinski definition) is 5. The second-order valence-electron chi connectivity index (χ2n) is 6.92. The molecule has 2 aromatic heterocycles. The average molecular weight is 425 g/mol. The normalized spacial score (nSPS) is 11.0. The highest BCUT2D eigenvalue weighted by Crippen LogP contribution is 2.24. The van der Waals surface area contributed by atoms with E-state index in [9.17, 15) is 4.79 Å². The molecule has 1 amide bonds. The van der Waals surface area contributed by atoms with Gasteiger partial charge in [-0.1, -0.05) is 41.9 Å². The molecule has 4 rings (SSSR count). The summed E-state index contributed by atoms with van der Waals surface area (Å²) in [6.07, 6.45) is 1.83. The summed E-state index contributed by atoms with van der Waals surface area (Å²) in [6, 6.07) is 17.4. The van der Waals surface area contributed by atoms with Crippen LogP contribution >= 0.6 is 11.6 Å². The zero-order chi connectivity index (χ0) is 20.9. The van der Waals surface area contributed by atoms with Crippen LogP contribution in [0.1, 0.15) is 17.7 Å². The number of fused-ring (bicyclic) bond motifs is 1. The van der Waals surface area contributed by atoms with Crippen LogP contribution < -0.4 is 10.1 Å². The van der Waals surface area contributed by atoms with Crippen molar-refractivity contribution < 1.29 is 14.1 Å². The first-order chi connectivity index (χ1) is 14.6. The summed E-state index contributed by atoms with van der Waals surface area (Å²) in [4.78, 5) is 17.0. The highest BCUT2D eigenvalue weighted by atomic mass is 35.5. The minimum atomic E-state index is -0.332. The maximum absolute atomic E-state index is 12.4. The first-order valence-electron chi connectivity index (χ1n) is 9.64. The summed E-state index contributed by atoms with van der Waals surface area (Å²) in [6.45, 7) is 2.26. The second-order valence-corrected chi connectivity index (χ2v) is 7.36. The van der Waals surface area contributed by atoms with E-state index in [0.29, 0.717) is 23.3 Å². The van der Waals surface area contributed by atoms with Crippen LogP contribution in [-0.4, -0.2) is 27.2 Å². The molecular weight excluding hydrogens is 404 g/mol. The molecule has 2 heterocycles. The molecule has 2 aromatic carbocycles. The van der Waals surface area contributed by atoms with Crippen molar-refractivity contribution in [2.75, 3.05) is 11.9 Å². The second kappa shape index (κ2) is 9.00. The zero-order valence-corrected chi connectivity index (χ0v) is 17.2. The molecule has 4 aromatic rings. The van der Waals surface area contributed by atoms with E-state index < -0.39 is 0 Å². The zero-order valence-electron chi connectivity index (χ0n) is 16.5. The first kappa shape index (κ1) is 20.0. The van der Waals surface area contributed by atoms with Gasteiger partial charge in [-0.2, -0.15) is 0 Å². The van der Waals surface area contributed by atoms with Crippen molar-refractivity contribution in [3.63, 3.8) is 0 Å². The molecule has 0 saturated heterocycles. The number of anilines is 1. The Hall–Kier alpha value is -3.32. The number of nitrogens with zero attached hydrogens (tertiary/aromatic N) is 3. The van der Waals surface area contributed by atoms with Gasteiger partial charge in [0.25, 0.3) is 11.8 Å². The Morgan fingerprint density at radius 2 is 2.03 bits per heavy atom. The number of nitrogens with one attached hydrogen (secondary N) is 1. The molecular formula is C22H21ClN4O3. The molecule has 0 radical (unpaired) electrons. The maximum atomic E-state index is 12.4. The van der Waals surface area contributed by atoms with E-state index in [1.54, 1.807) is 19.1 Å². The van der Waals surface area contributed by atoms with Crippen LogP contribution in [0.3, 0.4) is 0 Å². The molecule has 0 fully saturated rings. The average Bonchev–Trinajstić information content (AvgIpc) is 3.30. The predicted molar refractivity (Wildman–Crippen MR) is 115 cm³/mol. The summed E-state index contributed by atoms with van der Waals surface area (Å²) >= 11 is 6.12. The third-order valence-corrected chi connectivity index (χ3v) is 4.84. The van der Waals surface area contributed by atoms with Gasteiger partial charge >= 0.3 is 0 Å². The Morgan fingerprint density at radius 3 is 2.80 bits per heavy atom. The topological polar surface area (TPSA) is 82.2 Å². The van der Waals surface area contributed by atoms with Gasteiger partial charge in [0.05, 0.1) is 11.0 Å². The van der Waals surface area contributed by atoms with Gasteiger partial charge in [0.1, 0.15) is 5.76 Å². The van der Waals surface area contributed by atoms with Gasteiger partial charge in [-0.15, -0.1) is 0 Å². The molecule has 8 heteroatoms. The third kappa shape index (κ3) is 4.80. The molecule has 0 unspecified atom stereocenters. The highest BCUT2D eigenvalue weighted by molar-refractivity contribution is 6.31. The summed E-state index contributed by atoms with van der Waals surface area (Å²) in [5.74, 6) is 1.01. The van der Waals surface area contributed by atoms with E-state index in [2.05, 4.69) is 27.6 Å². The molecule has 1 N–H and O–H groups in total. The van der Waals surface area contributed by atoms with E-state index in [1.165, 1.54) is 5.56 Å². The lowest BCUT2D eigenvalue weighted by Gasteiger charge is -2.10. The lowest BCUT2D eigenvalue weighted by molar-refractivity contribution is -0.118. The number of amides is 1. The number of halogens is 1. The smallest absolute Gasteiger partial charge is 0.264 e. The molecule has 154 valence electrons. The molecule has 7 nitrogen and oxygen atoms in total. The van der Waals surface area contributed by atoms with Crippen LogP contribution in [0.25, 0.3) is 11.0 Å². The number of benzene rings is 2. The molecule has 0 saturated carbocycles. The monoisotopic (exact) mass is 424 g/mol. The number of carbonyl (C=O) groups is 1. The van der Waals surface area contributed by atoms with Gasteiger partial charge < -0.3 is 13.8 Å². The van der Waals surface area contributed by atoms with Gasteiger partial charge in [-0.3, -0.25) is 10.1 Å². The Kier molecular flexibility index (Phi) is 5.99. The molecule has 0 spiro atoms. The number of ether oxygens (including phenoxy) is 1. The highest BCUT2D eigenvalue weighted by Gasteiger charge is 2.15. The lowest BCUT2D eigenvalue weighted by Crippen LogP contribution is -2.22. The maximum Gasteiger partial charge on any atom is 0.264 e. The Bertz CT molecular complexity index is 1150. The lowest BCUT2D eigenvalue weighted by atomic mass is 10.1. The number of aryl methyl sites for hydroxylation is 3. The largest absolute Gasteiger partial charge is 0.465 e. The summed E-state index contributed by atoms with van der Waals surface area (Å²) < 4.78 is 12.3. The van der Waals surface area contributed by atoms with Crippen molar-refractivity contribution in [2.24, 2.45) is 0 Å². The van der Waals surface area contributed by atoms with Crippen LogP contribution in [0.2, 0.25) is 5.02 Å². The van der Waals surface area contributed by atoms with Crippen LogP contribution in [0.4, 0.5) is 5.95 Å². The Balaban J connectivity index is 1.47. The fraction of sp³-hybridized carbons (Fsp3) is 0.227.